The fourth-order valence-electron chi connectivity index (χ4n) is 3.32. The van der Waals surface area contributed by atoms with E-state index in [4.69, 9.17) is 11.8 Å². The summed E-state index contributed by atoms with van der Waals surface area (Å²) < 4.78 is 40.3. The average Bonchev–Trinajstić information content (AvgIpc) is 2.91. The van der Waals surface area contributed by atoms with Gasteiger partial charge in [0, 0.05) is 29.6 Å². The zero-order valence-corrected chi connectivity index (χ0v) is 15.7. The summed E-state index contributed by atoms with van der Waals surface area (Å²) in [4.78, 5) is 13.6. The maximum absolute atomic E-state index is 12.8. The number of rotatable bonds is 6. The Morgan fingerprint density at radius 2 is 1.82 bits per heavy atom. The first-order valence-corrected chi connectivity index (χ1v) is 8.92. The Balaban J connectivity index is 2.00. The highest BCUT2D eigenvalue weighted by atomic mass is 35.5. The van der Waals surface area contributed by atoms with Crippen molar-refractivity contribution < 1.29 is 23.1 Å². The summed E-state index contributed by atoms with van der Waals surface area (Å²) in [6, 6.07) is 11.6. The van der Waals surface area contributed by atoms with Crippen molar-refractivity contribution >= 4 is 28.6 Å². The van der Waals surface area contributed by atoms with E-state index >= 15 is 0 Å². The largest absolute Gasteiger partial charge is 0.480 e. The summed E-state index contributed by atoms with van der Waals surface area (Å²) >= 11 is 5.57. The van der Waals surface area contributed by atoms with Gasteiger partial charge in [0.2, 0.25) is 0 Å². The van der Waals surface area contributed by atoms with Gasteiger partial charge in [-0.25, -0.2) is 4.84 Å². The highest BCUT2D eigenvalue weighted by Crippen LogP contribution is 2.31. The molecular formula is C20H18ClF3N2O2. The Kier molecular flexibility index (Phi) is 5.67. The number of benzene rings is 2. The van der Waals surface area contributed by atoms with E-state index in [2.05, 4.69) is 4.84 Å². The van der Waals surface area contributed by atoms with Crippen LogP contribution in [-0.2, 0) is 23.9 Å². The molecule has 2 aromatic carbocycles. The van der Waals surface area contributed by atoms with Crippen LogP contribution in [0.2, 0.25) is 0 Å². The number of carboxylic acids is 1. The number of nitrogens with zero attached hydrogens (tertiary/aromatic N) is 1. The molecule has 0 saturated carbocycles. The standard InChI is InChI=1S/C20H18ClF3N2O2/c1-12-16(10-17(25-21)19(27)28)15-4-2-3-5-18(15)26(12)11-13-6-8-14(9-7-13)20(22,23)24/h2-9,17,25H,10-11H2,1H3,(H,27,28)/t17-/m0/s1. The van der Waals surface area contributed by atoms with E-state index < -0.39 is 23.8 Å². The van der Waals surface area contributed by atoms with Gasteiger partial charge in [-0.1, -0.05) is 30.3 Å². The molecule has 0 radical (unpaired) electrons. The van der Waals surface area contributed by atoms with Crippen molar-refractivity contribution in [2.45, 2.75) is 32.1 Å². The Labute approximate surface area is 164 Å². The van der Waals surface area contributed by atoms with Gasteiger partial charge in [0.25, 0.3) is 0 Å². The molecule has 3 aromatic rings. The molecule has 0 fully saturated rings. The van der Waals surface area contributed by atoms with Crippen LogP contribution in [0.4, 0.5) is 13.2 Å². The van der Waals surface area contributed by atoms with Crippen LogP contribution in [0.25, 0.3) is 10.9 Å². The maximum atomic E-state index is 12.8. The van der Waals surface area contributed by atoms with E-state index in [9.17, 15) is 23.1 Å². The minimum Gasteiger partial charge on any atom is -0.480 e. The van der Waals surface area contributed by atoms with Crippen molar-refractivity contribution in [3.63, 3.8) is 0 Å². The molecule has 0 aliphatic rings. The normalized spacial score (nSPS) is 13.0. The molecule has 0 aliphatic carbocycles. The second kappa shape index (κ2) is 7.85. The van der Waals surface area contributed by atoms with Crippen molar-refractivity contribution in [3.8, 4) is 0 Å². The van der Waals surface area contributed by atoms with Crippen LogP contribution in [0.5, 0.6) is 0 Å². The van der Waals surface area contributed by atoms with Crippen LogP contribution in [0.15, 0.2) is 48.5 Å². The number of hydrogen-bond acceptors (Lipinski definition) is 2. The van der Waals surface area contributed by atoms with Gasteiger partial charge < -0.3 is 9.67 Å². The molecule has 8 heteroatoms. The fourth-order valence-corrected chi connectivity index (χ4v) is 3.49. The lowest BCUT2D eigenvalue weighted by molar-refractivity contribution is -0.139. The monoisotopic (exact) mass is 410 g/mol. The van der Waals surface area contributed by atoms with Crippen LogP contribution in [0.1, 0.15) is 22.4 Å². The van der Waals surface area contributed by atoms with E-state index in [0.717, 1.165) is 34.3 Å². The summed E-state index contributed by atoms with van der Waals surface area (Å²) in [5, 5.41) is 10.2. The van der Waals surface area contributed by atoms with Crippen molar-refractivity contribution in [2.75, 3.05) is 0 Å². The number of fused-ring (bicyclic) bond motifs is 1. The Hall–Kier alpha value is -2.51. The maximum Gasteiger partial charge on any atom is 0.416 e. The molecule has 1 atom stereocenters. The van der Waals surface area contributed by atoms with E-state index in [1.54, 1.807) is 0 Å². The van der Waals surface area contributed by atoms with Crippen LogP contribution in [0, 0.1) is 6.92 Å². The Morgan fingerprint density at radius 1 is 1.18 bits per heavy atom. The molecule has 1 aromatic heterocycles. The van der Waals surface area contributed by atoms with E-state index in [1.165, 1.54) is 12.1 Å². The summed E-state index contributed by atoms with van der Waals surface area (Å²) in [6.07, 6.45) is -4.19. The summed E-state index contributed by atoms with van der Waals surface area (Å²) in [5.41, 5.74) is 2.59. The van der Waals surface area contributed by atoms with Gasteiger partial charge in [0.05, 0.1) is 5.56 Å². The highest BCUT2D eigenvalue weighted by Gasteiger charge is 2.30. The van der Waals surface area contributed by atoms with Gasteiger partial charge in [0.1, 0.15) is 6.04 Å². The lowest BCUT2D eigenvalue weighted by Gasteiger charge is -2.12. The smallest absolute Gasteiger partial charge is 0.416 e. The number of nitrogens with one attached hydrogen (secondary N) is 1. The molecule has 0 unspecified atom stereocenters. The van der Waals surface area contributed by atoms with E-state index in [-0.39, 0.29) is 6.42 Å². The molecule has 148 valence electrons. The molecule has 0 aliphatic heterocycles. The molecule has 0 bridgehead atoms. The number of alkyl halides is 3. The molecule has 4 nitrogen and oxygen atoms in total. The third-order valence-corrected chi connectivity index (χ3v) is 5.08. The van der Waals surface area contributed by atoms with Gasteiger partial charge in [0.15, 0.2) is 0 Å². The minimum atomic E-state index is -4.37. The first-order valence-electron chi connectivity index (χ1n) is 8.54. The van der Waals surface area contributed by atoms with Gasteiger partial charge in [-0.2, -0.15) is 13.2 Å². The van der Waals surface area contributed by atoms with Crippen LogP contribution in [-0.4, -0.2) is 21.7 Å². The number of carbonyl (C=O) groups is 1. The molecule has 0 saturated heterocycles. The number of para-hydroxylation sites is 1. The van der Waals surface area contributed by atoms with Crippen molar-refractivity contribution in [2.24, 2.45) is 0 Å². The lowest BCUT2D eigenvalue weighted by Crippen LogP contribution is -2.32. The number of hydrogen-bond donors (Lipinski definition) is 2. The second-order valence-electron chi connectivity index (χ2n) is 6.57. The van der Waals surface area contributed by atoms with Gasteiger partial charge in [-0.3, -0.25) is 4.79 Å². The Morgan fingerprint density at radius 3 is 2.39 bits per heavy atom. The summed E-state index contributed by atoms with van der Waals surface area (Å²) in [7, 11) is 0. The molecule has 0 spiro atoms. The third-order valence-electron chi connectivity index (χ3n) is 4.82. The fraction of sp³-hybridized carbons (Fsp3) is 0.250. The second-order valence-corrected chi connectivity index (χ2v) is 6.78. The number of aliphatic carboxylic acids is 1. The van der Waals surface area contributed by atoms with Crippen LogP contribution in [0.3, 0.4) is 0 Å². The zero-order chi connectivity index (χ0) is 20.5. The van der Waals surface area contributed by atoms with E-state index in [1.807, 2.05) is 35.8 Å². The van der Waals surface area contributed by atoms with Gasteiger partial charge in [-0.15, -0.1) is 0 Å². The predicted molar refractivity (Wildman–Crippen MR) is 101 cm³/mol. The van der Waals surface area contributed by atoms with Crippen LogP contribution < -0.4 is 4.84 Å². The topological polar surface area (TPSA) is 54.3 Å². The molecular weight excluding hydrogens is 393 g/mol. The first kappa shape index (κ1) is 20.2. The van der Waals surface area contributed by atoms with Gasteiger partial charge in [-0.05, 0) is 48.0 Å². The number of carboxylic acid groups (broad SMARTS) is 1. The summed E-state index contributed by atoms with van der Waals surface area (Å²) in [6.45, 7) is 2.24. The van der Waals surface area contributed by atoms with Gasteiger partial charge >= 0.3 is 12.1 Å². The molecule has 2 N–H and O–H groups in total. The lowest BCUT2D eigenvalue weighted by atomic mass is 10.0. The molecule has 0 amide bonds. The molecule has 28 heavy (non-hydrogen) atoms. The quantitative estimate of drug-likeness (QED) is 0.576. The highest BCUT2D eigenvalue weighted by molar-refractivity contribution is 6.14. The number of halogens is 4. The Bertz CT molecular complexity index is 997. The average molecular weight is 411 g/mol. The van der Waals surface area contributed by atoms with Crippen molar-refractivity contribution in [1.82, 2.24) is 9.40 Å². The van der Waals surface area contributed by atoms with Crippen molar-refractivity contribution in [3.05, 3.63) is 70.9 Å². The molecule has 1 heterocycles. The number of aromatic nitrogens is 1. The molecule has 3 rings (SSSR count). The first-order chi connectivity index (χ1) is 13.2. The minimum absolute atomic E-state index is 0.186. The third kappa shape index (κ3) is 4.00. The predicted octanol–water partition coefficient (Wildman–Crippen LogP) is 4.76. The van der Waals surface area contributed by atoms with Crippen molar-refractivity contribution in [1.29, 1.82) is 0 Å². The summed E-state index contributed by atoms with van der Waals surface area (Å²) in [5.74, 6) is -1.06. The zero-order valence-electron chi connectivity index (χ0n) is 14.9. The SMILES string of the molecule is Cc1c(C[C@H](NCl)C(=O)O)c2ccccc2n1Cc1ccc(C(F)(F)F)cc1. The van der Waals surface area contributed by atoms with Crippen LogP contribution >= 0.6 is 11.8 Å². The van der Waals surface area contributed by atoms with E-state index in [0.29, 0.717) is 12.1 Å².